The van der Waals surface area contributed by atoms with Crippen molar-refractivity contribution in [2.45, 2.75) is 39.0 Å². The molecule has 1 unspecified atom stereocenters. The standard InChI is InChI=1S/C14H18O2/c1-8-3-10-5-12(15)11-7-14(10,6-9(11)2)13(16)4-8/h8,10-11H,2-7H2,1H3/t8-,10?,11+,14-/m0/s1. The van der Waals surface area contributed by atoms with Gasteiger partial charge in [0.25, 0.3) is 0 Å². The average Bonchev–Trinajstić information content (AvgIpc) is 2.49. The molecule has 0 amide bonds. The van der Waals surface area contributed by atoms with Gasteiger partial charge in [0.05, 0.1) is 0 Å². The quantitative estimate of drug-likeness (QED) is 0.585. The molecule has 0 heterocycles. The SMILES string of the molecule is C=C1C[C@]23C[C@H]1C(=O)CC2C[C@H](C)CC3=O. The molecule has 0 aliphatic heterocycles. The maximum Gasteiger partial charge on any atom is 0.140 e. The van der Waals surface area contributed by atoms with Crippen molar-refractivity contribution in [1.29, 1.82) is 0 Å². The normalized spacial score (nSPS) is 47.1. The molecule has 2 heteroatoms. The summed E-state index contributed by atoms with van der Waals surface area (Å²) < 4.78 is 0. The minimum atomic E-state index is -0.178. The van der Waals surface area contributed by atoms with E-state index in [1.54, 1.807) is 0 Å². The Kier molecular flexibility index (Phi) is 1.96. The molecule has 0 aromatic carbocycles. The lowest BCUT2D eigenvalue weighted by Crippen LogP contribution is -2.46. The van der Waals surface area contributed by atoms with Gasteiger partial charge in [-0.25, -0.2) is 0 Å². The summed E-state index contributed by atoms with van der Waals surface area (Å²) in [4.78, 5) is 24.3. The first-order valence-corrected chi connectivity index (χ1v) is 6.26. The number of ketones is 2. The molecule has 2 nitrogen and oxygen atoms in total. The van der Waals surface area contributed by atoms with E-state index in [4.69, 9.17) is 0 Å². The van der Waals surface area contributed by atoms with Crippen molar-refractivity contribution < 1.29 is 9.59 Å². The fourth-order valence-corrected chi connectivity index (χ4v) is 4.18. The second kappa shape index (κ2) is 3.06. The van der Waals surface area contributed by atoms with Crippen LogP contribution in [0.3, 0.4) is 0 Å². The molecule has 0 saturated heterocycles. The van der Waals surface area contributed by atoms with Gasteiger partial charge in [0.2, 0.25) is 0 Å². The molecular weight excluding hydrogens is 200 g/mol. The van der Waals surface area contributed by atoms with Crippen molar-refractivity contribution in [3.8, 4) is 0 Å². The third-order valence-electron chi connectivity index (χ3n) is 5.00. The van der Waals surface area contributed by atoms with E-state index in [0.29, 0.717) is 36.2 Å². The summed E-state index contributed by atoms with van der Waals surface area (Å²) in [6.45, 7) is 6.14. The number of allylic oxidation sites excluding steroid dienone is 1. The summed E-state index contributed by atoms with van der Waals surface area (Å²) in [5.74, 6) is 1.53. The summed E-state index contributed by atoms with van der Waals surface area (Å²) in [5.41, 5.74) is 0.845. The maximum atomic E-state index is 12.3. The molecule has 2 bridgehead atoms. The zero-order chi connectivity index (χ0) is 11.5. The van der Waals surface area contributed by atoms with Gasteiger partial charge in [-0.05, 0) is 31.1 Å². The molecule has 0 radical (unpaired) electrons. The molecule has 4 atom stereocenters. The van der Waals surface area contributed by atoms with Gasteiger partial charge in [-0.2, -0.15) is 0 Å². The van der Waals surface area contributed by atoms with E-state index in [-0.39, 0.29) is 11.3 Å². The van der Waals surface area contributed by atoms with Crippen LogP contribution in [0.4, 0.5) is 0 Å². The predicted octanol–water partition coefficient (Wildman–Crippen LogP) is 2.53. The highest BCUT2D eigenvalue weighted by Gasteiger charge is 2.58. The first-order valence-electron chi connectivity index (χ1n) is 6.26. The molecule has 0 N–H and O–H groups in total. The summed E-state index contributed by atoms with van der Waals surface area (Å²) in [7, 11) is 0. The predicted molar refractivity (Wildman–Crippen MR) is 60.8 cm³/mol. The highest BCUT2D eigenvalue weighted by molar-refractivity contribution is 5.94. The van der Waals surface area contributed by atoms with Gasteiger partial charge in [0, 0.05) is 24.2 Å². The van der Waals surface area contributed by atoms with Crippen LogP contribution in [-0.2, 0) is 9.59 Å². The Hall–Kier alpha value is -0.920. The molecule has 3 fully saturated rings. The molecule has 3 aliphatic rings. The molecule has 0 aromatic heterocycles. The number of hydrogen-bond donors (Lipinski definition) is 0. The van der Waals surface area contributed by atoms with Crippen LogP contribution in [0.1, 0.15) is 39.0 Å². The fraction of sp³-hybridized carbons (Fsp3) is 0.714. The summed E-state index contributed by atoms with van der Waals surface area (Å²) in [5, 5.41) is 0. The molecule has 3 aliphatic carbocycles. The van der Waals surface area contributed by atoms with Crippen LogP contribution in [0.25, 0.3) is 0 Å². The lowest BCUT2D eigenvalue weighted by molar-refractivity contribution is -0.142. The summed E-state index contributed by atoms with van der Waals surface area (Å²) in [6, 6.07) is 0. The van der Waals surface area contributed by atoms with E-state index < -0.39 is 0 Å². The van der Waals surface area contributed by atoms with Crippen molar-refractivity contribution in [2.75, 3.05) is 0 Å². The van der Waals surface area contributed by atoms with Gasteiger partial charge in [-0.15, -0.1) is 0 Å². The van der Waals surface area contributed by atoms with Crippen molar-refractivity contribution in [1.82, 2.24) is 0 Å². The summed E-state index contributed by atoms with van der Waals surface area (Å²) >= 11 is 0. The lowest BCUT2D eigenvalue weighted by Gasteiger charge is -2.44. The molecule has 3 rings (SSSR count). The van der Waals surface area contributed by atoms with Crippen LogP contribution < -0.4 is 0 Å². The molecule has 3 saturated carbocycles. The van der Waals surface area contributed by atoms with Crippen molar-refractivity contribution in [3.05, 3.63) is 12.2 Å². The Bertz CT molecular complexity index is 396. The van der Waals surface area contributed by atoms with Gasteiger partial charge in [-0.3, -0.25) is 9.59 Å². The van der Waals surface area contributed by atoms with Crippen LogP contribution in [0.15, 0.2) is 12.2 Å². The Balaban J connectivity index is 2.02. The molecule has 0 aromatic rings. The molecule has 16 heavy (non-hydrogen) atoms. The highest BCUT2D eigenvalue weighted by Crippen LogP contribution is 2.59. The molecular formula is C14H18O2. The molecule has 1 spiro atoms. The third-order valence-corrected chi connectivity index (χ3v) is 5.00. The molecule has 86 valence electrons. The van der Waals surface area contributed by atoms with Crippen LogP contribution in [-0.4, -0.2) is 11.6 Å². The smallest absolute Gasteiger partial charge is 0.140 e. The van der Waals surface area contributed by atoms with Crippen molar-refractivity contribution >= 4 is 11.6 Å². The first-order chi connectivity index (χ1) is 7.53. The lowest BCUT2D eigenvalue weighted by atomic mass is 9.58. The largest absolute Gasteiger partial charge is 0.299 e. The number of Topliss-reactive ketones (excluding diaryl/α,β-unsaturated/α-hetero) is 2. The zero-order valence-electron chi connectivity index (χ0n) is 9.79. The topological polar surface area (TPSA) is 34.1 Å². The van der Waals surface area contributed by atoms with Gasteiger partial charge >= 0.3 is 0 Å². The maximum absolute atomic E-state index is 12.3. The van der Waals surface area contributed by atoms with Crippen LogP contribution in [0, 0.1) is 23.2 Å². The van der Waals surface area contributed by atoms with E-state index in [9.17, 15) is 9.59 Å². The second-order valence-electron chi connectivity index (χ2n) is 6.08. The fourth-order valence-electron chi connectivity index (χ4n) is 4.18. The number of fused-ring (bicyclic) bond motifs is 1. The Labute approximate surface area is 96.1 Å². The Morgan fingerprint density at radius 3 is 2.81 bits per heavy atom. The van der Waals surface area contributed by atoms with Gasteiger partial charge in [-0.1, -0.05) is 19.1 Å². The number of carbonyl (C=O) groups is 2. The van der Waals surface area contributed by atoms with Crippen LogP contribution >= 0.6 is 0 Å². The minimum absolute atomic E-state index is 0.00797. The number of hydrogen-bond acceptors (Lipinski definition) is 2. The zero-order valence-corrected chi connectivity index (χ0v) is 9.79. The average molecular weight is 218 g/mol. The van der Waals surface area contributed by atoms with Crippen molar-refractivity contribution in [2.24, 2.45) is 23.2 Å². The van der Waals surface area contributed by atoms with E-state index in [1.165, 1.54) is 0 Å². The summed E-state index contributed by atoms with van der Waals surface area (Å²) in [6.07, 6.45) is 3.96. The van der Waals surface area contributed by atoms with Crippen LogP contribution in [0.5, 0.6) is 0 Å². The Morgan fingerprint density at radius 2 is 2.06 bits per heavy atom. The Morgan fingerprint density at radius 1 is 1.31 bits per heavy atom. The second-order valence-corrected chi connectivity index (χ2v) is 6.08. The van der Waals surface area contributed by atoms with E-state index >= 15 is 0 Å². The van der Waals surface area contributed by atoms with Crippen LogP contribution in [0.2, 0.25) is 0 Å². The van der Waals surface area contributed by atoms with Gasteiger partial charge < -0.3 is 0 Å². The number of rotatable bonds is 0. The van der Waals surface area contributed by atoms with E-state index in [0.717, 1.165) is 24.8 Å². The van der Waals surface area contributed by atoms with Gasteiger partial charge in [0.1, 0.15) is 11.6 Å². The number of carbonyl (C=O) groups excluding carboxylic acids is 2. The highest BCUT2D eigenvalue weighted by atomic mass is 16.1. The van der Waals surface area contributed by atoms with Crippen molar-refractivity contribution in [3.63, 3.8) is 0 Å². The minimum Gasteiger partial charge on any atom is -0.299 e. The third kappa shape index (κ3) is 1.13. The van der Waals surface area contributed by atoms with Gasteiger partial charge in [0.15, 0.2) is 0 Å². The van der Waals surface area contributed by atoms with E-state index in [1.807, 2.05) is 0 Å². The first kappa shape index (κ1) is 10.2. The van der Waals surface area contributed by atoms with E-state index in [2.05, 4.69) is 13.5 Å². The monoisotopic (exact) mass is 218 g/mol.